The van der Waals surface area contributed by atoms with Crippen molar-refractivity contribution in [3.05, 3.63) is 58.4 Å². The number of carbonyl (C=O) groups is 1. The fourth-order valence-corrected chi connectivity index (χ4v) is 1.74. The number of carbonyl (C=O) groups excluding carboxylic acids is 1. The number of hydrogen-bond donors (Lipinski definition) is 0. The lowest BCUT2D eigenvalue weighted by molar-refractivity contribution is -0.384. The second-order valence-corrected chi connectivity index (χ2v) is 4.15. The van der Waals surface area contributed by atoms with Crippen LogP contribution in [-0.4, -0.2) is 27.8 Å². The molecule has 0 fully saturated rings. The van der Waals surface area contributed by atoms with Gasteiger partial charge in [-0.05, 0) is 6.07 Å². The lowest BCUT2D eigenvalue weighted by Gasteiger charge is -2.01. The molecule has 7 nitrogen and oxygen atoms in total. The largest absolute Gasteiger partial charge is 0.469 e. The van der Waals surface area contributed by atoms with Crippen LogP contribution in [-0.2, 0) is 9.53 Å². The molecule has 0 saturated heterocycles. The number of hydrogen-bond acceptors (Lipinski definition) is 5. The third-order valence-corrected chi connectivity index (χ3v) is 2.75. The summed E-state index contributed by atoms with van der Waals surface area (Å²) in [5, 5.41) is 15.1. The van der Waals surface area contributed by atoms with E-state index in [-0.39, 0.29) is 18.1 Å². The van der Waals surface area contributed by atoms with Crippen LogP contribution >= 0.6 is 0 Å². The van der Waals surface area contributed by atoms with E-state index >= 15 is 0 Å². The number of nitro groups is 1. The van der Waals surface area contributed by atoms with Gasteiger partial charge in [-0.15, -0.1) is 0 Å². The average molecular weight is 287 g/mol. The molecule has 0 spiro atoms. The van der Waals surface area contributed by atoms with Crippen molar-refractivity contribution in [1.29, 1.82) is 0 Å². The van der Waals surface area contributed by atoms with Crippen molar-refractivity contribution >= 4 is 17.7 Å². The zero-order valence-electron chi connectivity index (χ0n) is 11.3. The summed E-state index contributed by atoms with van der Waals surface area (Å²) in [5.74, 6) is -0.336. The molecule has 2 rings (SSSR count). The molecular formula is C14H13N3O4. The van der Waals surface area contributed by atoms with Gasteiger partial charge in [0.2, 0.25) is 0 Å². The maximum Gasteiger partial charge on any atom is 0.309 e. The number of nitrogens with zero attached hydrogens (tertiary/aromatic N) is 3. The van der Waals surface area contributed by atoms with Gasteiger partial charge >= 0.3 is 5.97 Å². The SMILES string of the molecule is COC(=O)CC=Cc1cnn(-c2ccccc2[N+](=O)[O-])c1. The highest BCUT2D eigenvalue weighted by Crippen LogP contribution is 2.21. The van der Waals surface area contributed by atoms with E-state index in [0.717, 1.165) is 5.56 Å². The zero-order valence-corrected chi connectivity index (χ0v) is 11.3. The number of rotatable bonds is 5. The highest BCUT2D eigenvalue weighted by molar-refractivity contribution is 5.72. The average Bonchev–Trinajstić information content (AvgIpc) is 2.95. The Hall–Kier alpha value is -2.96. The van der Waals surface area contributed by atoms with Gasteiger partial charge in [0.25, 0.3) is 5.69 Å². The molecule has 0 aliphatic heterocycles. The summed E-state index contributed by atoms with van der Waals surface area (Å²) in [6, 6.07) is 6.34. The maximum atomic E-state index is 11.0. The Morgan fingerprint density at radius 1 is 1.48 bits per heavy atom. The molecule has 0 N–H and O–H groups in total. The van der Waals surface area contributed by atoms with E-state index in [1.165, 1.54) is 17.9 Å². The van der Waals surface area contributed by atoms with Crippen LogP contribution in [0.2, 0.25) is 0 Å². The third kappa shape index (κ3) is 3.53. The Morgan fingerprint density at radius 3 is 2.95 bits per heavy atom. The van der Waals surface area contributed by atoms with Crippen molar-refractivity contribution in [3.63, 3.8) is 0 Å². The van der Waals surface area contributed by atoms with Gasteiger partial charge < -0.3 is 4.74 Å². The van der Waals surface area contributed by atoms with Crippen molar-refractivity contribution < 1.29 is 14.5 Å². The van der Waals surface area contributed by atoms with E-state index in [9.17, 15) is 14.9 Å². The smallest absolute Gasteiger partial charge is 0.309 e. The molecular weight excluding hydrogens is 274 g/mol. The van der Waals surface area contributed by atoms with Gasteiger partial charge in [0, 0.05) is 17.8 Å². The molecule has 2 aromatic rings. The summed E-state index contributed by atoms with van der Waals surface area (Å²) in [5.41, 5.74) is 1.10. The second-order valence-electron chi connectivity index (χ2n) is 4.15. The number of aromatic nitrogens is 2. The van der Waals surface area contributed by atoms with E-state index in [1.807, 2.05) is 0 Å². The zero-order chi connectivity index (χ0) is 15.2. The van der Waals surface area contributed by atoms with Crippen LogP contribution in [0.1, 0.15) is 12.0 Å². The van der Waals surface area contributed by atoms with Crippen molar-refractivity contribution in [1.82, 2.24) is 9.78 Å². The first-order valence-corrected chi connectivity index (χ1v) is 6.13. The Balaban J connectivity index is 2.21. The van der Waals surface area contributed by atoms with E-state index in [1.54, 1.807) is 42.7 Å². The number of nitro benzene ring substituents is 1. The molecule has 1 aromatic carbocycles. The van der Waals surface area contributed by atoms with Gasteiger partial charge in [0.05, 0.1) is 24.7 Å². The summed E-state index contributed by atoms with van der Waals surface area (Å²) in [4.78, 5) is 21.5. The predicted molar refractivity (Wildman–Crippen MR) is 75.9 cm³/mol. The van der Waals surface area contributed by atoms with E-state index in [2.05, 4.69) is 9.84 Å². The standard InChI is InChI=1S/C14H13N3O4/c1-21-14(18)8-4-5-11-9-15-16(10-11)12-6-2-3-7-13(12)17(19)20/h2-7,9-10H,8H2,1H3. The number of methoxy groups -OCH3 is 1. The van der Waals surface area contributed by atoms with Crippen LogP contribution in [0.15, 0.2) is 42.7 Å². The van der Waals surface area contributed by atoms with Gasteiger partial charge in [0.1, 0.15) is 5.69 Å². The molecule has 0 unspecified atom stereocenters. The van der Waals surface area contributed by atoms with Crippen LogP contribution < -0.4 is 0 Å². The van der Waals surface area contributed by atoms with Crippen LogP contribution in [0, 0.1) is 10.1 Å². The van der Waals surface area contributed by atoms with Crippen molar-refractivity contribution in [2.45, 2.75) is 6.42 Å². The number of para-hydroxylation sites is 2. The number of benzene rings is 1. The second kappa shape index (κ2) is 6.47. The van der Waals surface area contributed by atoms with E-state index < -0.39 is 4.92 Å². The summed E-state index contributed by atoms with van der Waals surface area (Å²) in [7, 11) is 1.32. The molecule has 108 valence electrons. The minimum Gasteiger partial charge on any atom is -0.469 e. The lowest BCUT2D eigenvalue weighted by Crippen LogP contribution is -1.99. The summed E-state index contributed by atoms with van der Waals surface area (Å²) in [6.45, 7) is 0. The summed E-state index contributed by atoms with van der Waals surface area (Å²) < 4.78 is 5.95. The Kier molecular flexibility index (Phi) is 4.45. The summed E-state index contributed by atoms with van der Waals surface area (Å²) in [6.07, 6.45) is 6.72. The first-order valence-electron chi connectivity index (χ1n) is 6.13. The molecule has 0 saturated carbocycles. The minimum absolute atomic E-state index is 0.0225. The van der Waals surface area contributed by atoms with Gasteiger partial charge in [-0.25, -0.2) is 4.68 Å². The van der Waals surface area contributed by atoms with Crippen molar-refractivity contribution in [2.75, 3.05) is 7.11 Å². The normalized spacial score (nSPS) is 10.7. The van der Waals surface area contributed by atoms with Gasteiger partial charge in [-0.2, -0.15) is 5.10 Å². The van der Waals surface area contributed by atoms with Gasteiger partial charge in [-0.3, -0.25) is 14.9 Å². The maximum absolute atomic E-state index is 11.0. The van der Waals surface area contributed by atoms with Crippen LogP contribution in [0.5, 0.6) is 0 Å². The third-order valence-electron chi connectivity index (χ3n) is 2.75. The number of ether oxygens (including phenoxy) is 1. The Bertz CT molecular complexity index is 691. The molecule has 0 aliphatic rings. The fourth-order valence-electron chi connectivity index (χ4n) is 1.74. The fraction of sp³-hybridized carbons (Fsp3) is 0.143. The van der Waals surface area contributed by atoms with E-state index in [0.29, 0.717) is 5.69 Å². The predicted octanol–water partition coefficient (Wildman–Crippen LogP) is 2.36. The van der Waals surface area contributed by atoms with Crippen LogP contribution in [0.3, 0.4) is 0 Å². The van der Waals surface area contributed by atoms with Crippen LogP contribution in [0.25, 0.3) is 11.8 Å². The molecule has 0 bridgehead atoms. The van der Waals surface area contributed by atoms with Gasteiger partial charge in [0.15, 0.2) is 0 Å². The first kappa shape index (κ1) is 14.4. The first-order chi connectivity index (χ1) is 10.1. The molecule has 21 heavy (non-hydrogen) atoms. The molecule has 0 atom stereocenters. The topological polar surface area (TPSA) is 87.3 Å². The van der Waals surface area contributed by atoms with Crippen molar-refractivity contribution in [3.8, 4) is 5.69 Å². The minimum atomic E-state index is -0.455. The van der Waals surface area contributed by atoms with Crippen molar-refractivity contribution in [2.24, 2.45) is 0 Å². The molecule has 0 radical (unpaired) electrons. The number of esters is 1. The highest BCUT2D eigenvalue weighted by atomic mass is 16.6. The monoisotopic (exact) mass is 287 g/mol. The quantitative estimate of drug-likeness (QED) is 0.478. The summed E-state index contributed by atoms with van der Waals surface area (Å²) >= 11 is 0. The molecule has 1 heterocycles. The van der Waals surface area contributed by atoms with Gasteiger partial charge in [-0.1, -0.05) is 24.3 Å². The molecule has 1 aromatic heterocycles. The van der Waals surface area contributed by atoms with E-state index in [4.69, 9.17) is 0 Å². The van der Waals surface area contributed by atoms with Crippen LogP contribution in [0.4, 0.5) is 5.69 Å². The molecule has 0 aliphatic carbocycles. The molecule has 7 heteroatoms. The lowest BCUT2D eigenvalue weighted by atomic mass is 10.2. The Morgan fingerprint density at radius 2 is 2.24 bits per heavy atom. The molecule has 0 amide bonds. The Labute approximate surface area is 120 Å². The highest BCUT2D eigenvalue weighted by Gasteiger charge is 2.14.